The molecule has 0 unspecified atom stereocenters. The van der Waals surface area contributed by atoms with Gasteiger partial charge in [0.05, 0.1) is 12.1 Å². The number of carbonyl (C=O) groups is 1. The van der Waals surface area contributed by atoms with Crippen LogP contribution >= 0.6 is 0 Å². The topological polar surface area (TPSA) is 69.9 Å². The molecule has 6 nitrogen and oxygen atoms in total. The smallest absolute Gasteiger partial charge is 0.310 e. The van der Waals surface area contributed by atoms with Gasteiger partial charge in [0.1, 0.15) is 0 Å². The molecule has 134 valence electrons. The standard InChI is InChI=1S/C20H22N4O2/c1-2-3-7-16-10-12-17(13-11-16)14-20(25)26-15-19-21-22-23-24(19)18-8-5-4-6-9-18/h4-6,8-13H,2-3,7,14-15H2,1H3. The van der Waals surface area contributed by atoms with Crippen molar-refractivity contribution in [2.45, 2.75) is 39.2 Å². The van der Waals surface area contributed by atoms with Crippen LogP contribution in [0.5, 0.6) is 0 Å². The van der Waals surface area contributed by atoms with Crippen LogP contribution in [0.1, 0.15) is 36.7 Å². The van der Waals surface area contributed by atoms with E-state index in [1.807, 2.05) is 42.5 Å². The third kappa shape index (κ3) is 4.75. The molecule has 0 fully saturated rings. The van der Waals surface area contributed by atoms with Crippen LogP contribution in [-0.4, -0.2) is 26.2 Å². The van der Waals surface area contributed by atoms with Crippen LogP contribution in [0, 0.1) is 0 Å². The van der Waals surface area contributed by atoms with Crippen molar-refractivity contribution in [3.63, 3.8) is 0 Å². The van der Waals surface area contributed by atoms with Crippen LogP contribution in [0.15, 0.2) is 54.6 Å². The summed E-state index contributed by atoms with van der Waals surface area (Å²) in [5.74, 6) is 0.188. The molecule has 0 aliphatic rings. The molecule has 6 heteroatoms. The first-order valence-electron chi connectivity index (χ1n) is 8.82. The van der Waals surface area contributed by atoms with Gasteiger partial charge in [-0.15, -0.1) is 5.10 Å². The van der Waals surface area contributed by atoms with Gasteiger partial charge < -0.3 is 4.74 Å². The monoisotopic (exact) mass is 350 g/mol. The molecule has 0 N–H and O–H groups in total. The second-order valence-electron chi connectivity index (χ2n) is 6.10. The maximum absolute atomic E-state index is 12.1. The first-order chi connectivity index (χ1) is 12.8. The summed E-state index contributed by atoms with van der Waals surface area (Å²) in [6.07, 6.45) is 3.67. The van der Waals surface area contributed by atoms with Crippen molar-refractivity contribution in [2.75, 3.05) is 0 Å². The number of carbonyl (C=O) groups excluding carboxylic acids is 1. The van der Waals surface area contributed by atoms with Crippen LogP contribution < -0.4 is 0 Å². The molecule has 0 radical (unpaired) electrons. The number of nitrogens with zero attached hydrogens (tertiary/aromatic N) is 4. The predicted molar refractivity (Wildman–Crippen MR) is 97.7 cm³/mol. The quantitative estimate of drug-likeness (QED) is 0.583. The fraction of sp³-hybridized carbons (Fsp3) is 0.300. The average molecular weight is 350 g/mol. The van der Waals surface area contributed by atoms with Gasteiger partial charge in [-0.3, -0.25) is 4.79 Å². The van der Waals surface area contributed by atoms with E-state index < -0.39 is 0 Å². The third-order valence-electron chi connectivity index (χ3n) is 4.09. The molecule has 0 bridgehead atoms. The molecule has 3 aromatic rings. The lowest BCUT2D eigenvalue weighted by molar-refractivity contribution is -0.144. The third-order valence-corrected chi connectivity index (χ3v) is 4.09. The summed E-state index contributed by atoms with van der Waals surface area (Å²) in [6, 6.07) is 17.6. The highest BCUT2D eigenvalue weighted by Gasteiger charge is 2.11. The molecule has 1 heterocycles. The number of rotatable bonds is 8. The summed E-state index contributed by atoms with van der Waals surface area (Å²) in [4.78, 5) is 12.1. The first-order valence-corrected chi connectivity index (χ1v) is 8.82. The Labute approximate surface area is 152 Å². The van der Waals surface area contributed by atoms with E-state index in [9.17, 15) is 4.79 Å². The van der Waals surface area contributed by atoms with Crippen molar-refractivity contribution in [2.24, 2.45) is 0 Å². The normalized spacial score (nSPS) is 10.7. The molecule has 2 aromatic carbocycles. The number of ether oxygens (including phenoxy) is 1. The molecule has 0 amide bonds. The van der Waals surface area contributed by atoms with Crippen molar-refractivity contribution >= 4 is 5.97 Å². The molecule has 1 aromatic heterocycles. The minimum atomic E-state index is -0.297. The van der Waals surface area contributed by atoms with Crippen molar-refractivity contribution in [1.29, 1.82) is 0 Å². The number of para-hydroxylation sites is 1. The van der Waals surface area contributed by atoms with E-state index in [1.165, 1.54) is 18.4 Å². The van der Waals surface area contributed by atoms with Gasteiger partial charge in [0.2, 0.25) is 0 Å². The van der Waals surface area contributed by atoms with Gasteiger partial charge in [0.25, 0.3) is 0 Å². The summed E-state index contributed by atoms with van der Waals surface area (Å²) < 4.78 is 6.91. The molecule has 0 atom stereocenters. The maximum Gasteiger partial charge on any atom is 0.310 e. The molecule has 0 saturated carbocycles. The minimum absolute atomic E-state index is 0.0370. The van der Waals surface area contributed by atoms with E-state index >= 15 is 0 Å². The highest BCUT2D eigenvalue weighted by Crippen LogP contribution is 2.11. The maximum atomic E-state index is 12.1. The Hall–Kier alpha value is -3.02. The fourth-order valence-corrected chi connectivity index (χ4v) is 2.63. The van der Waals surface area contributed by atoms with Crippen molar-refractivity contribution < 1.29 is 9.53 Å². The highest BCUT2D eigenvalue weighted by atomic mass is 16.5. The number of tetrazole rings is 1. The minimum Gasteiger partial charge on any atom is -0.457 e. The molecular formula is C20H22N4O2. The molecule has 0 aliphatic heterocycles. The lowest BCUT2D eigenvalue weighted by atomic mass is 10.1. The Morgan fingerprint density at radius 3 is 2.50 bits per heavy atom. The lowest BCUT2D eigenvalue weighted by Crippen LogP contribution is -2.11. The zero-order chi connectivity index (χ0) is 18.2. The molecule has 0 spiro atoms. The Kier molecular flexibility index (Phi) is 6.09. The van der Waals surface area contributed by atoms with Gasteiger partial charge >= 0.3 is 5.97 Å². The number of hydrogen-bond acceptors (Lipinski definition) is 5. The summed E-state index contributed by atoms with van der Waals surface area (Å²) in [7, 11) is 0. The van der Waals surface area contributed by atoms with Gasteiger partial charge in [0.15, 0.2) is 12.4 Å². The largest absolute Gasteiger partial charge is 0.457 e. The van der Waals surface area contributed by atoms with Gasteiger partial charge in [-0.2, -0.15) is 4.68 Å². The van der Waals surface area contributed by atoms with Gasteiger partial charge in [-0.25, -0.2) is 0 Å². The van der Waals surface area contributed by atoms with Crippen LogP contribution in [-0.2, 0) is 29.0 Å². The fourth-order valence-electron chi connectivity index (χ4n) is 2.63. The van der Waals surface area contributed by atoms with Crippen molar-refractivity contribution in [3.8, 4) is 5.69 Å². The average Bonchev–Trinajstić information content (AvgIpc) is 3.15. The molecular weight excluding hydrogens is 328 g/mol. The van der Waals surface area contributed by atoms with Crippen LogP contribution in [0.3, 0.4) is 0 Å². The van der Waals surface area contributed by atoms with E-state index in [-0.39, 0.29) is 19.0 Å². The van der Waals surface area contributed by atoms with Crippen LogP contribution in [0.2, 0.25) is 0 Å². The molecule has 0 aliphatic carbocycles. The summed E-state index contributed by atoms with van der Waals surface area (Å²) in [5.41, 5.74) is 3.06. The van der Waals surface area contributed by atoms with Crippen molar-refractivity contribution in [1.82, 2.24) is 20.2 Å². The molecule has 3 rings (SSSR count). The van der Waals surface area contributed by atoms with E-state index in [4.69, 9.17) is 4.74 Å². The van der Waals surface area contributed by atoms with E-state index in [1.54, 1.807) is 4.68 Å². The van der Waals surface area contributed by atoms with Crippen LogP contribution in [0.25, 0.3) is 5.69 Å². The second-order valence-corrected chi connectivity index (χ2v) is 6.10. The van der Waals surface area contributed by atoms with Crippen LogP contribution in [0.4, 0.5) is 0 Å². The zero-order valence-electron chi connectivity index (χ0n) is 14.8. The lowest BCUT2D eigenvalue weighted by Gasteiger charge is -2.07. The van der Waals surface area contributed by atoms with E-state index in [0.717, 1.165) is 17.7 Å². The predicted octanol–water partition coefficient (Wildman–Crippen LogP) is 3.29. The van der Waals surface area contributed by atoms with Gasteiger partial charge in [0, 0.05) is 0 Å². The SMILES string of the molecule is CCCCc1ccc(CC(=O)OCc2nnnn2-c2ccccc2)cc1. The summed E-state index contributed by atoms with van der Waals surface area (Å²) in [6.45, 7) is 2.22. The molecule has 0 saturated heterocycles. The van der Waals surface area contributed by atoms with Gasteiger partial charge in [-0.1, -0.05) is 55.8 Å². The number of esters is 1. The Balaban J connectivity index is 1.54. The van der Waals surface area contributed by atoms with Crippen molar-refractivity contribution in [3.05, 3.63) is 71.5 Å². The number of hydrogen-bond donors (Lipinski definition) is 0. The number of aromatic nitrogens is 4. The number of unbranched alkanes of at least 4 members (excludes halogenated alkanes) is 1. The number of aryl methyl sites for hydroxylation is 1. The zero-order valence-corrected chi connectivity index (χ0v) is 14.8. The molecule has 26 heavy (non-hydrogen) atoms. The highest BCUT2D eigenvalue weighted by molar-refractivity contribution is 5.72. The van der Waals surface area contributed by atoms with Gasteiger partial charge in [-0.05, 0) is 46.5 Å². The summed E-state index contributed by atoms with van der Waals surface area (Å²) in [5, 5.41) is 11.5. The second kappa shape index (κ2) is 8.89. The Morgan fingerprint density at radius 1 is 1.04 bits per heavy atom. The number of benzene rings is 2. The van der Waals surface area contributed by atoms with E-state index in [0.29, 0.717) is 5.82 Å². The Morgan fingerprint density at radius 2 is 1.77 bits per heavy atom. The Bertz CT molecular complexity index is 829. The van der Waals surface area contributed by atoms with E-state index in [2.05, 4.69) is 34.6 Å². The first kappa shape index (κ1) is 17.8. The summed E-state index contributed by atoms with van der Waals surface area (Å²) >= 11 is 0.